The third kappa shape index (κ3) is 3.65. The number of amides is 1. The molecule has 5 rings (SSSR count). The second kappa shape index (κ2) is 8.37. The van der Waals surface area contributed by atoms with Gasteiger partial charge in [0, 0.05) is 24.7 Å². The Morgan fingerprint density at radius 2 is 2.06 bits per heavy atom. The number of nitrogens with one attached hydrogen (secondary N) is 2. The molecule has 4 heterocycles. The molecule has 0 unspecified atom stereocenters. The molecule has 0 bridgehead atoms. The number of morpholine rings is 1. The number of anilines is 1. The first-order valence-corrected chi connectivity index (χ1v) is 10.9. The third-order valence-electron chi connectivity index (χ3n) is 5.79. The summed E-state index contributed by atoms with van der Waals surface area (Å²) in [4.78, 5) is 31.8. The highest BCUT2D eigenvalue weighted by Gasteiger charge is 2.25. The number of pyridine rings is 1. The molecule has 1 saturated heterocycles. The van der Waals surface area contributed by atoms with Crippen LogP contribution in [0.15, 0.2) is 36.8 Å². The SMILES string of the molecule is Cc1c[nH]c2ncnc(N[C@@H](C)c3cc4cccc(Cl)c4c(C(=O)N4CCOCC4)n3)c12. The van der Waals surface area contributed by atoms with Gasteiger partial charge in [0.1, 0.15) is 23.5 Å². The van der Waals surface area contributed by atoms with Gasteiger partial charge in [0.2, 0.25) is 0 Å². The topological polar surface area (TPSA) is 96.0 Å². The first-order valence-electron chi connectivity index (χ1n) is 10.5. The second-order valence-corrected chi connectivity index (χ2v) is 8.33. The Labute approximate surface area is 190 Å². The summed E-state index contributed by atoms with van der Waals surface area (Å²) in [6, 6.07) is 7.38. The van der Waals surface area contributed by atoms with Gasteiger partial charge >= 0.3 is 0 Å². The molecule has 1 atom stereocenters. The summed E-state index contributed by atoms with van der Waals surface area (Å²) in [5, 5.41) is 6.44. The van der Waals surface area contributed by atoms with Crippen LogP contribution in [0.25, 0.3) is 21.8 Å². The van der Waals surface area contributed by atoms with Crippen molar-refractivity contribution < 1.29 is 9.53 Å². The number of hydrogen-bond acceptors (Lipinski definition) is 6. The van der Waals surface area contributed by atoms with Crippen LogP contribution in [-0.4, -0.2) is 57.0 Å². The fourth-order valence-corrected chi connectivity index (χ4v) is 4.36. The average Bonchev–Trinajstić information content (AvgIpc) is 3.20. The molecule has 1 aromatic carbocycles. The predicted octanol–water partition coefficient (Wildman–Crippen LogP) is 4.11. The Kier molecular flexibility index (Phi) is 5.40. The number of nitrogens with zero attached hydrogens (tertiary/aromatic N) is 4. The van der Waals surface area contributed by atoms with Gasteiger partial charge in [-0.3, -0.25) is 4.79 Å². The standard InChI is InChI=1S/C23H23ClN6O2/c1-13-11-25-21-18(13)22(27-12-26-21)28-14(2)17-10-15-4-3-5-16(24)19(15)20(29-17)23(31)30-6-8-32-9-7-30/h3-5,10-12,14H,6-9H2,1-2H3,(H2,25,26,27,28)/t14-/m0/s1. The molecule has 3 aromatic heterocycles. The smallest absolute Gasteiger partial charge is 0.273 e. The summed E-state index contributed by atoms with van der Waals surface area (Å²) in [7, 11) is 0. The molecule has 1 amide bonds. The van der Waals surface area contributed by atoms with Gasteiger partial charge < -0.3 is 19.9 Å². The molecule has 0 radical (unpaired) electrons. The fraction of sp³-hybridized carbons (Fsp3) is 0.304. The molecule has 1 fully saturated rings. The number of halogens is 1. The van der Waals surface area contributed by atoms with E-state index in [0.717, 1.165) is 33.5 Å². The summed E-state index contributed by atoms with van der Waals surface area (Å²) in [6.45, 7) is 6.13. The van der Waals surface area contributed by atoms with E-state index in [9.17, 15) is 4.79 Å². The third-order valence-corrected chi connectivity index (χ3v) is 6.11. The van der Waals surface area contributed by atoms with Crippen molar-refractivity contribution in [2.45, 2.75) is 19.9 Å². The normalized spacial score (nSPS) is 15.3. The van der Waals surface area contributed by atoms with Crippen LogP contribution in [0.4, 0.5) is 5.82 Å². The van der Waals surface area contributed by atoms with Crippen molar-refractivity contribution >= 4 is 45.1 Å². The number of rotatable bonds is 4. The Morgan fingerprint density at radius 3 is 2.88 bits per heavy atom. The van der Waals surface area contributed by atoms with E-state index in [1.807, 2.05) is 38.2 Å². The van der Waals surface area contributed by atoms with Crippen LogP contribution in [0.1, 0.15) is 34.7 Å². The van der Waals surface area contributed by atoms with Crippen molar-refractivity contribution in [3.8, 4) is 0 Å². The number of H-pyrrole nitrogens is 1. The Morgan fingerprint density at radius 1 is 1.25 bits per heavy atom. The highest BCUT2D eigenvalue weighted by atomic mass is 35.5. The summed E-state index contributed by atoms with van der Waals surface area (Å²) in [5.74, 6) is 0.585. The maximum Gasteiger partial charge on any atom is 0.273 e. The minimum absolute atomic E-state index is 0.133. The quantitative estimate of drug-likeness (QED) is 0.485. The number of aromatic amines is 1. The number of carbonyl (C=O) groups excluding carboxylic acids is 1. The summed E-state index contributed by atoms with van der Waals surface area (Å²) < 4.78 is 5.40. The zero-order valence-electron chi connectivity index (χ0n) is 17.9. The largest absolute Gasteiger partial charge is 0.378 e. The van der Waals surface area contributed by atoms with Gasteiger partial charge in [-0.25, -0.2) is 15.0 Å². The van der Waals surface area contributed by atoms with Crippen molar-refractivity contribution in [2.24, 2.45) is 0 Å². The maximum absolute atomic E-state index is 13.4. The van der Waals surface area contributed by atoms with E-state index in [0.29, 0.717) is 42.4 Å². The molecule has 1 aliphatic rings. The van der Waals surface area contributed by atoms with Crippen LogP contribution in [-0.2, 0) is 4.74 Å². The van der Waals surface area contributed by atoms with Gasteiger partial charge in [-0.05, 0) is 36.9 Å². The Hall–Kier alpha value is -3.23. The molecule has 0 saturated carbocycles. The summed E-state index contributed by atoms with van der Waals surface area (Å²) >= 11 is 6.51. The lowest BCUT2D eigenvalue weighted by molar-refractivity contribution is 0.0300. The number of hydrogen-bond donors (Lipinski definition) is 2. The van der Waals surface area contributed by atoms with Gasteiger partial charge in [0.05, 0.1) is 35.4 Å². The zero-order chi connectivity index (χ0) is 22.2. The molecular weight excluding hydrogens is 428 g/mol. The van der Waals surface area contributed by atoms with E-state index in [1.54, 1.807) is 11.0 Å². The lowest BCUT2D eigenvalue weighted by atomic mass is 10.0. The van der Waals surface area contributed by atoms with Crippen molar-refractivity contribution in [1.29, 1.82) is 0 Å². The Balaban J connectivity index is 1.56. The Bertz CT molecular complexity index is 1310. The number of carbonyl (C=O) groups is 1. The van der Waals surface area contributed by atoms with Crippen LogP contribution in [0.2, 0.25) is 5.02 Å². The minimum atomic E-state index is -0.206. The predicted molar refractivity (Wildman–Crippen MR) is 124 cm³/mol. The van der Waals surface area contributed by atoms with Gasteiger partial charge in [0.15, 0.2) is 0 Å². The zero-order valence-corrected chi connectivity index (χ0v) is 18.6. The molecule has 8 nitrogen and oxygen atoms in total. The van der Waals surface area contributed by atoms with Gasteiger partial charge in [-0.2, -0.15) is 0 Å². The summed E-state index contributed by atoms with van der Waals surface area (Å²) in [6.07, 6.45) is 3.43. The molecule has 0 aliphatic carbocycles. The molecule has 4 aromatic rings. The number of aryl methyl sites for hydroxylation is 1. The van der Waals surface area contributed by atoms with Crippen LogP contribution in [0, 0.1) is 6.92 Å². The molecule has 1 aliphatic heterocycles. The van der Waals surface area contributed by atoms with Crippen LogP contribution >= 0.6 is 11.6 Å². The number of aromatic nitrogens is 4. The van der Waals surface area contributed by atoms with Gasteiger partial charge in [-0.15, -0.1) is 0 Å². The molecular formula is C23H23ClN6O2. The van der Waals surface area contributed by atoms with Crippen LogP contribution < -0.4 is 5.32 Å². The van der Waals surface area contributed by atoms with E-state index in [2.05, 4.69) is 20.3 Å². The van der Waals surface area contributed by atoms with Gasteiger partial charge in [-0.1, -0.05) is 23.7 Å². The van der Waals surface area contributed by atoms with E-state index < -0.39 is 0 Å². The van der Waals surface area contributed by atoms with Crippen molar-refractivity contribution in [1.82, 2.24) is 24.8 Å². The van der Waals surface area contributed by atoms with Crippen molar-refractivity contribution in [3.05, 3.63) is 58.8 Å². The van der Waals surface area contributed by atoms with E-state index in [1.165, 1.54) is 6.33 Å². The highest BCUT2D eigenvalue weighted by Crippen LogP contribution is 2.31. The van der Waals surface area contributed by atoms with Gasteiger partial charge in [0.25, 0.3) is 5.91 Å². The number of fused-ring (bicyclic) bond motifs is 2. The molecule has 9 heteroatoms. The fourth-order valence-electron chi connectivity index (χ4n) is 4.09. The van der Waals surface area contributed by atoms with E-state index in [-0.39, 0.29) is 11.9 Å². The minimum Gasteiger partial charge on any atom is -0.378 e. The van der Waals surface area contributed by atoms with Crippen molar-refractivity contribution in [2.75, 3.05) is 31.6 Å². The first kappa shape index (κ1) is 20.7. The van der Waals surface area contributed by atoms with Crippen LogP contribution in [0.5, 0.6) is 0 Å². The second-order valence-electron chi connectivity index (χ2n) is 7.92. The highest BCUT2D eigenvalue weighted by molar-refractivity contribution is 6.36. The first-order chi connectivity index (χ1) is 15.5. The maximum atomic E-state index is 13.4. The van der Waals surface area contributed by atoms with Crippen LogP contribution in [0.3, 0.4) is 0 Å². The number of benzene rings is 1. The molecule has 2 N–H and O–H groups in total. The van der Waals surface area contributed by atoms with E-state index in [4.69, 9.17) is 21.3 Å². The molecule has 32 heavy (non-hydrogen) atoms. The average molecular weight is 451 g/mol. The molecule has 0 spiro atoms. The molecule has 164 valence electrons. The lowest BCUT2D eigenvalue weighted by Gasteiger charge is -2.27. The number of ether oxygens (including phenoxy) is 1. The monoisotopic (exact) mass is 450 g/mol. The van der Waals surface area contributed by atoms with Crippen molar-refractivity contribution in [3.63, 3.8) is 0 Å². The van der Waals surface area contributed by atoms with E-state index >= 15 is 0 Å². The lowest BCUT2D eigenvalue weighted by Crippen LogP contribution is -2.41. The summed E-state index contributed by atoms with van der Waals surface area (Å²) in [5.41, 5.74) is 2.92.